The standard InChI is InChI=1S/C17H17FO/c1-11-7-12(2)16-10-17(19,9-13(16)8-11)14-3-5-15(18)6-4-14/h3-8,19H,9-10H2,1-2H3. The fourth-order valence-electron chi connectivity index (χ4n) is 3.13. The fraction of sp³-hybridized carbons (Fsp3) is 0.294. The summed E-state index contributed by atoms with van der Waals surface area (Å²) in [5, 5.41) is 10.9. The van der Waals surface area contributed by atoms with Gasteiger partial charge in [-0.05, 0) is 48.2 Å². The van der Waals surface area contributed by atoms with E-state index >= 15 is 0 Å². The Morgan fingerprint density at radius 1 is 1.05 bits per heavy atom. The first-order chi connectivity index (χ1) is 8.98. The summed E-state index contributed by atoms with van der Waals surface area (Å²) in [6.45, 7) is 4.16. The third-order valence-electron chi connectivity index (χ3n) is 4.04. The van der Waals surface area contributed by atoms with Crippen LogP contribution in [-0.2, 0) is 18.4 Å². The molecule has 0 fully saturated rings. The van der Waals surface area contributed by atoms with Gasteiger partial charge in [-0.2, -0.15) is 0 Å². The molecule has 0 saturated heterocycles. The van der Waals surface area contributed by atoms with Crippen LogP contribution in [0.25, 0.3) is 0 Å². The summed E-state index contributed by atoms with van der Waals surface area (Å²) in [7, 11) is 0. The van der Waals surface area contributed by atoms with Crippen LogP contribution in [0, 0.1) is 19.7 Å². The van der Waals surface area contributed by atoms with Gasteiger partial charge in [-0.1, -0.05) is 29.8 Å². The maximum Gasteiger partial charge on any atom is 0.123 e. The first-order valence-electron chi connectivity index (χ1n) is 6.55. The van der Waals surface area contributed by atoms with Gasteiger partial charge >= 0.3 is 0 Å². The van der Waals surface area contributed by atoms with Gasteiger partial charge in [-0.25, -0.2) is 4.39 Å². The lowest BCUT2D eigenvalue weighted by Gasteiger charge is -2.22. The van der Waals surface area contributed by atoms with Gasteiger partial charge in [0.15, 0.2) is 0 Å². The third-order valence-corrected chi connectivity index (χ3v) is 4.04. The van der Waals surface area contributed by atoms with Gasteiger partial charge in [0, 0.05) is 12.8 Å². The van der Waals surface area contributed by atoms with E-state index in [0.29, 0.717) is 12.8 Å². The van der Waals surface area contributed by atoms with Crippen LogP contribution < -0.4 is 0 Å². The second kappa shape index (κ2) is 4.17. The highest BCUT2D eigenvalue weighted by Gasteiger charge is 2.37. The summed E-state index contributed by atoms with van der Waals surface area (Å²) in [5.74, 6) is -0.269. The topological polar surface area (TPSA) is 20.2 Å². The van der Waals surface area contributed by atoms with Crippen LogP contribution in [0.3, 0.4) is 0 Å². The summed E-state index contributed by atoms with van der Waals surface area (Å²) in [6.07, 6.45) is 1.22. The second-order valence-corrected chi connectivity index (χ2v) is 5.61. The van der Waals surface area contributed by atoms with Crippen LogP contribution in [0.1, 0.15) is 27.8 Å². The molecule has 0 spiro atoms. The largest absolute Gasteiger partial charge is 0.384 e. The fourth-order valence-corrected chi connectivity index (χ4v) is 3.13. The number of benzene rings is 2. The quantitative estimate of drug-likeness (QED) is 0.828. The molecule has 1 nitrogen and oxygen atoms in total. The smallest absolute Gasteiger partial charge is 0.123 e. The second-order valence-electron chi connectivity index (χ2n) is 5.61. The Bertz CT molecular complexity index is 630. The predicted molar refractivity (Wildman–Crippen MR) is 73.6 cm³/mol. The minimum atomic E-state index is -0.894. The number of aryl methyl sites for hydroxylation is 2. The first-order valence-corrected chi connectivity index (χ1v) is 6.55. The number of fused-ring (bicyclic) bond motifs is 1. The van der Waals surface area contributed by atoms with Crippen molar-refractivity contribution in [3.63, 3.8) is 0 Å². The van der Waals surface area contributed by atoms with E-state index in [4.69, 9.17) is 0 Å². The molecule has 1 atom stereocenters. The normalized spacial score (nSPS) is 21.5. The molecule has 0 bridgehead atoms. The molecule has 1 unspecified atom stereocenters. The molecule has 98 valence electrons. The Morgan fingerprint density at radius 2 is 1.74 bits per heavy atom. The molecule has 2 aromatic rings. The van der Waals surface area contributed by atoms with Crippen molar-refractivity contribution in [3.05, 3.63) is 70.0 Å². The van der Waals surface area contributed by atoms with Crippen LogP contribution in [0.4, 0.5) is 4.39 Å². The van der Waals surface area contributed by atoms with Crippen LogP contribution in [-0.4, -0.2) is 5.11 Å². The van der Waals surface area contributed by atoms with Gasteiger partial charge in [0.05, 0.1) is 5.60 Å². The molecule has 0 saturated carbocycles. The molecular formula is C17H17FO. The Kier molecular flexibility index (Phi) is 2.72. The summed E-state index contributed by atoms with van der Waals surface area (Å²) in [6, 6.07) is 10.5. The Labute approximate surface area is 112 Å². The number of hydrogen-bond acceptors (Lipinski definition) is 1. The van der Waals surface area contributed by atoms with Crippen molar-refractivity contribution in [2.75, 3.05) is 0 Å². The summed E-state index contributed by atoms with van der Waals surface area (Å²) < 4.78 is 13.0. The molecule has 1 aliphatic rings. The van der Waals surface area contributed by atoms with Gasteiger partial charge in [-0.15, -0.1) is 0 Å². The third kappa shape index (κ3) is 2.06. The van der Waals surface area contributed by atoms with Crippen LogP contribution in [0.5, 0.6) is 0 Å². The molecular weight excluding hydrogens is 239 g/mol. The summed E-state index contributed by atoms with van der Waals surface area (Å²) in [5.41, 5.74) is 4.80. The minimum Gasteiger partial charge on any atom is -0.384 e. The Hall–Kier alpha value is -1.67. The van der Waals surface area contributed by atoms with Crippen LogP contribution >= 0.6 is 0 Å². The van der Waals surface area contributed by atoms with Crippen molar-refractivity contribution >= 4 is 0 Å². The maximum atomic E-state index is 13.0. The van der Waals surface area contributed by atoms with Gasteiger partial charge < -0.3 is 5.11 Å². The maximum absolute atomic E-state index is 13.0. The zero-order chi connectivity index (χ0) is 13.6. The monoisotopic (exact) mass is 256 g/mol. The van der Waals surface area contributed by atoms with Gasteiger partial charge in [0.25, 0.3) is 0 Å². The van der Waals surface area contributed by atoms with E-state index in [9.17, 15) is 9.50 Å². The van der Waals surface area contributed by atoms with E-state index in [-0.39, 0.29) is 5.82 Å². The van der Waals surface area contributed by atoms with Crippen LogP contribution in [0.15, 0.2) is 36.4 Å². The minimum absolute atomic E-state index is 0.269. The van der Waals surface area contributed by atoms with E-state index < -0.39 is 5.60 Å². The zero-order valence-corrected chi connectivity index (χ0v) is 11.2. The predicted octanol–water partition coefficient (Wildman–Crippen LogP) is 3.43. The molecule has 1 N–H and O–H groups in total. The average molecular weight is 256 g/mol. The van der Waals surface area contributed by atoms with Crippen molar-refractivity contribution in [1.82, 2.24) is 0 Å². The lowest BCUT2D eigenvalue weighted by molar-refractivity contribution is 0.0481. The zero-order valence-electron chi connectivity index (χ0n) is 11.2. The highest BCUT2D eigenvalue weighted by Crippen LogP contribution is 2.39. The molecule has 1 aliphatic carbocycles. The number of aliphatic hydroxyl groups is 1. The van der Waals surface area contributed by atoms with Crippen molar-refractivity contribution in [1.29, 1.82) is 0 Å². The van der Waals surface area contributed by atoms with E-state index in [2.05, 4.69) is 26.0 Å². The van der Waals surface area contributed by atoms with Gasteiger partial charge in [0.2, 0.25) is 0 Å². The molecule has 0 aromatic heterocycles. The van der Waals surface area contributed by atoms with E-state index in [1.165, 1.54) is 34.4 Å². The highest BCUT2D eigenvalue weighted by molar-refractivity contribution is 5.46. The summed E-state index contributed by atoms with van der Waals surface area (Å²) >= 11 is 0. The van der Waals surface area contributed by atoms with Crippen molar-refractivity contribution < 1.29 is 9.50 Å². The molecule has 0 amide bonds. The lowest BCUT2D eigenvalue weighted by Crippen LogP contribution is -2.26. The molecule has 2 heteroatoms. The van der Waals surface area contributed by atoms with Crippen molar-refractivity contribution in [3.8, 4) is 0 Å². The molecule has 2 aromatic carbocycles. The van der Waals surface area contributed by atoms with Gasteiger partial charge in [0.1, 0.15) is 5.82 Å². The first kappa shape index (κ1) is 12.4. The molecule has 0 heterocycles. The molecule has 0 radical (unpaired) electrons. The number of hydrogen-bond donors (Lipinski definition) is 1. The van der Waals surface area contributed by atoms with E-state index in [1.807, 2.05) is 0 Å². The Morgan fingerprint density at radius 3 is 2.42 bits per heavy atom. The highest BCUT2D eigenvalue weighted by atomic mass is 19.1. The average Bonchev–Trinajstić information content (AvgIpc) is 2.68. The van der Waals surface area contributed by atoms with E-state index in [0.717, 1.165) is 5.56 Å². The van der Waals surface area contributed by atoms with Gasteiger partial charge in [-0.3, -0.25) is 0 Å². The molecule has 19 heavy (non-hydrogen) atoms. The molecule has 3 rings (SSSR count). The molecule has 0 aliphatic heterocycles. The van der Waals surface area contributed by atoms with Crippen LogP contribution in [0.2, 0.25) is 0 Å². The van der Waals surface area contributed by atoms with E-state index in [1.54, 1.807) is 12.1 Å². The Balaban J connectivity index is 2.02. The van der Waals surface area contributed by atoms with Crippen molar-refractivity contribution in [2.45, 2.75) is 32.3 Å². The summed E-state index contributed by atoms with van der Waals surface area (Å²) in [4.78, 5) is 0. The number of rotatable bonds is 1. The number of halogens is 1. The lowest BCUT2D eigenvalue weighted by atomic mass is 9.90. The van der Waals surface area contributed by atoms with Crippen molar-refractivity contribution in [2.24, 2.45) is 0 Å². The SMILES string of the molecule is Cc1cc(C)c2c(c1)CC(O)(c1ccc(F)cc1)C2.